The highest BCUT2D eigenvalue weighted by Crippen LogP contribution is 2.29. The van der Waals surface area contributed by atoms with Gasteiger partial charge >= 0.3 is 0 Å². The average Bonchev–Trinajstić information content (AvgIpc) is 2.54. The zero-order valence-electron chi connectivity index (χ0n) is 8.68. The smallest absolute Gasteiger partial charge is 0.0498 e. The van der Waals surface area contributed by atoms with E-state index >= 15 is 0 Å². The minimum absolute atomic E-state index is 0.813. The van der Waals surface area contributed by atoms with Gasteiger partial charge in [0.2, 0.25) is 0 Å². The zero-order valence-corrected chi connectivity index (χ0v) is 9.43. The molecule has 0 atom stereocenters. The summed E-state index contributed by atoms with van der Waals surface area (Å²) in [5.41, 5.74) is 4.14. The molecule has 1 aliphatic rings. The lowest BCUT2D eigenvalue weighted by Gasteiger charge is -2.14. The molecule has 0 fully saturated rings. The molecule has 2 aromatic rings. The molecule has 0 bridgehead atoms. The Morgan fingerprint density at radius 1 is 1.40 bits per heavy atom. The van der Waals surface area contributed by atoms with Crippen molar-refractivity contribution in [3.05, 3.63) is 34.5 Å². The molecule has 1 aromatic heterocycles. The van der Waals surface area contributed by atoms with E-state index in [1.54, 1.807) is 0 Å². The predicted octanol–water partition coefficient (Wildman–Crippen LogP) is 2.48. The van der Waals surface area contributed by atoms with Crippen molar-refractivity contribution >= 4 is 22.5 Å². The third-order valence-electron chi connectivity index (χ3n) is 3.24. The van der Waals surface area contributed by atoms with Gasteiger partial charge < -0.3 is 9.88 Å². The van der Waals surface area contributed by atoms with E-state index in [4.69, 9.17) is 11.6 Å². The molecule has 0 unspecified atom stereocenters. The summed E-state index contributed by atoms with van der Waals surface area (Å²) in [5, 5.41) is 5.57. The van der Waals surface area contributed by atoms with Gasteiger partial charge in [0.1, 0.15) is 0 Å². The Morgan fingerprint density at radius 3 is 3.13 bits per heavy atom. The maximum Gasteiger partial charge on any atom is 0.0498 e. The third kappa shape index (κ3) is 1.29. The summed E-state index contributed by atoms with van der Waals surface area (Å²) in [6.45, 7) is 2.05. The van der Waals surface area contributed by atoms with Crippen LogP contribution in [0.15, 0.2) is 18.2 Å². The fourth-order valence-electron chi connectivity index (χ4n) is 2.48. The highest BCUT2D eigenvalue weighted by molar-refractivity contribution is 6.31. The molecule has 0 amide bonds. The van der Waals surface area contributed by atoms with Crippen LogP contribution < -0.4 is 5.32 Å². The van der Waals surface area contributed by atoms with Crippen molar-refractivity contribution in [2.45, 2.75) is 13.0 Å². The van der Waals surface area contributed by atoms with Crippen LogP contribution >= 0.6 is 11.6 Å². The van der Waals surface area contributed by atoms with Crippen LogP contribution in [-0.2, 0) is 20.0 Å². The number of hydrogen-bond acceptors (Lipinski definition) is 1. The van der Waals surface area contributed by atoms with Crippen molar-refractivity contribution in [3.63, 3.8) is 0 Å². The lowest BCUT2D eigenvalue weighted by Crippen LogP contribution is -2.24. The highest BCUT2D eigenvalue weighted by Gasteiger charge is 2.17. The minimum Gasteiger partial charge on any atom is -0.347 e. The minimum atomic E-state index is 0.813. The van der Waals surface area contributed by atoms with Gasteiger partial charge in [-0.15, -0.1) is 0 Å². The Kier molecular flexibility index (Phi) is 2.01. The van der Waals surface area contributed by atoms with E-state index in [1.807, 2.05) is 6.07 Å². The Labute approximate surface area is 93.8 Å². The lowest BCUT2D eigenvalue weighted by molar-refractivity contribution is 0.622. The van der Waals surface area contributed by atoms with Crippen LogP contribution in [-0.4, -0.2) is 11.1 Å². The highest BCUT2D eigenvalue weighted by atomic mass is 35.5. The molecule has 15 heavy (non-hydrogen) atoms. The van der Waals surface area contributed by atoms with E-state index in [0.717, 1.165) is 24.5 Å². The van der Waals surface area contributed by atoms with Crippen molar-refractivity contribution in [1.82, 2.24) is 9.88 Å². The normalized spacial score (nSPS) is 15.6. The number of benzene rings is 1. The third-order valence-corrected chi connectivity index (χ3v) is 3.47. The van der Waals surface area contributed by atoms with E-state index < -0.39 is 0 Å². The number of halogens is 1. The molecule has 2 nitrogen and oxygen atoms in total. The lowest BCUT2D eigenvalue weighted by atomic mass is 10.1. The molecule has 0 saturated heterocycles. The number of fused-ring (bicyclic) bond motifs is 3. The number of nitrogens with zero attached hydrogens (tertiary/aromatic N) is 1. The molecule has 3 heteroatoms. The fraction of sp³-hybridized carbons (Fsp3) is 0.333. The maximum atomic E-state index is 6.03. The van der Waals surface area contributed by atoms with Gasteiger partial charge in [-0.1, -0.05) is 17.7 Å². The quantitative estimate of drug-likeness (QED) is 0.722. The number of hydrogen-bond donors (Lipinski definition) is 1. The first-order chi connectivity index (χ1) is 7.27. The first-order valence-corrected chi connectivity index (χ1v) is 5.61. The maximum absolute atomic E-state index is 6.03. The van der Waals surface area contributed by atoms with E-state index in [1.165, 1.54) is 22.2 Å². The SMILES string of the molecule is Cn1c2c(c3ccc(Cl)cc31)CNCC2. The van der Waals surface area contributed by atoms with Crippen LogP contribution in [0, 0.1) is 0 Å². The van der Waals surface area contributed by atoms with Crippen LogP contribution in [0.5, 0.6) is 0 Å². The van der Waals surface area contributed by atoms with Crippen molar-refractivity contribution in [3.8, 4) is 0 Å². The second-order valence-corrected chi connectivity index (χ2v) is 4.51. The Morgan fingerprint density at radius 2 is 2.27 bits per heavy atom. The van der Waals surface area contributed by atoms with Crippen LogP contribution in [0.25, 0.3) is 10.9 Å². The van der Waals surface area contributed by atoms with E-state index in [-0.39, 0.29) is 0 Å². The van der Waals surface area contributed by atoms with E-state index in [9.17, 15) is 0 Å². The summed E-state index contributed by atoms with van der Waals surface area (Å²) in [5.74, 6) is 0. The number of aromatic nitrogens is 1. The monoisotopic (exact) mass is 220 g/mol. The number of aryl methyl sites for hydroxylation is 1. The molecule has 78 valence electrons. The standard InChI is InChI=1S/C12H13ClN2/c1-15-11-4-5-14-7-10(11)9-3-2-8(13)6-12(9)15/h2-3,6,14H,4-5,7H2,1H3. The van der Waals surface area contributed by atoms with Gasteiger partial charge in [-0.25, -0.2) is 0 Å². The second-order valence-electron chi connectivity index (χ2n) is 4.07. The van der Waals surface area contributed by atoms with Crippen LogP contribution in [0.2, 0.25) is 5.02 Å². The molecule has 0 spiro atoms. The molecule has 1 aliphatic heterocycles. The number of rotatable bonds is 0. The van der Waals surface area contributed by atoms with Crippen molar-refractivity contribution in [1.29, 1.82) is 0 Å². The van der Waals surface area contributed by atoms with Gasteiger partial charge in [0.15, 0.2) is 0 Å². The topological polar surface area (TPSA) is 17.0 Å². The van der Waals surface area contributed by atoms with Crippen molar-refractivity contribution < 1.29 is 0 Å². The zero-order chi connectivity index (χ0) is 10.4. The molecule has 3 rings (SSSR count). The van der Waals surface area contributed by atoms with Crippen molar-refractivity contribution in [2.24, 2.45) is 7.05 Å². The average molecular weight is 221 g/mol. The summed E-state index contributed by atoms with van der Waals surface area (Å²) in [7, 11) is 2.13. The Hall–Kier alpha value is -0.990. The van der Waals surface area contributed by atoms with Gasteiger partial charge in [0.25, 0.3) is 0 Å². The van der Waals surface area contributed by atoms with Gasteiger partial charge in [-0.2, -0.15) is 0 Å². The Balaban J connectivity index is 2.38. The molecular weight excluding hydrogens is 208 g/mol. The van der Waals surface area contributed by atoms with Crippen LogP contribution in [0.4, 0.5) is 0 Å². The van der Waals surface area contributed by atoms with Gasteiger partial charge in [-0.3, -0.25) is 0 Å². The van der Waals surface area contributed by atoms with Gasteiger partial charge in [-0.05, 0) is 17.7 Å². The Bertz CT molecular complexity index is 528. The first kappa shape index (κ1) is 9.25. The van der Waals surface area contributed by atoms with Crippen molar-refractivity contribution in [2.75, 3.05) is 6.54 Å². The largest absolute Gasteiger partial charge is 0.347 e. The molecule has 0 aliphatic carbocycles. The molecule has 0 saturated carbocycles. The molecular formula is C12H13ClN2. The summed E-state index contributed by atoms with van der Waals surface area (Å²) in [4.78, 5) is 0. The summed E-state index contributed by atoms with van der Waals surface area (Å²) in [6, 6.07) is 6.15. The summed E-state index contributed by atoms with van der Waals surface area (Å²) < 4.78 is 2.28. The number of nitrogens with one attached hydrogen (secondary N) is 1. The first-order valence-electron chi connectivity index (χ1n) is 5.24. The van der Waals surface area contributed by atoms with Gasteiger partial charge in [0, 0.05) is 48.2 Å². The fourth-order valence-corrected chi connectivity index (χ4v) is 2.64. The molecule has 0 radical (unpaired) electrons. The molecule has 2 heterocycles. The van der Waals surface area contributed by atoms with E-state index in [2.05, 4.69) is 29.1 Å². The van der Waals surface area contributed by atoms with Crippen LogP contribution in [0.1, 0.15) is 11.3 Å². The van der Waals surface area contributed by atoms with Gasteiger partial charge in [0.05, 0.1) is 0 Å². The predicted molar refractivity (Wildman–Crippen MR) is 63.3 cm³/mol. The second kappa shape index (κ2) is 3.26. The van der Waals surface area contributed by atoms with Crippen LogP contribution in [0.3, 0.4) is 0 Å². The summed E-state index contributed by atoms with van der Waals surface area (Å²) in [6.07, 6.45) is 1.11. The summed E-state index contributed by atoms with van der Waals surface area (Å²) >= 11 is 6.03. The molecule has 1 aromatic carbocycles. The molecule has 1 N–H and O–H groups in total. The van der Waals surface area contributed by atoms with E-state index in [0.29, 0.717) is 0 Å².